The molecule has 0 spiro atoms. The first-order valence-corrected chi connectivity index (χ1v) is 12.0. The molecule has 0 N–H and O–H groups in total. The van der Waals surface area contributed by atoms with Crippen molar-refractivity contribution < 1.29 is 4.74 Å². The molecule has 6 nitrogen and oxygen atoms in total. The summed E-state index contributed by atoms with van der Waals surface area (Å²) in [5, 5.41) is 13.0. The molecule has 4 aliphatic rings. The zero-order chi connectivity index (χ0) is 20.9. The molecule has 6 rings (SSSR count). The van der Waals surface area contributed by atoms with Gasteiger partial charge in [0.1, 0.15) is 5.69 Å². The number of aryl methyl sites for hydroxylation is 2. The van der Waals surface area contributed by atoms with Crippen molar-refractivity contribution in [1.29, 1.82) is 0 Å². The summed E-state index contributed by atoms with van der Waals surface area (Å²) in [5.41, 5.74) is 2.95. The van der Waals surface area contributed by atoms with E-state index in [2.05, 4.69) is 32.3 Å². The van der Waals surface area contributed by atoms with E-state index >= 15 is 0 Å². The van der Waals surface area contributed by atoms with Gasteiger partial charge in [0, 0.05) is 32.7 Å². The number of nitrogens with zero attached hydrogens (tertiary/aromatic N) is 5. The summed E-state index contributed by atoms with van der Waals surface area (Å²) in [6.45, 7) is 6.75. The van der Waals surface area contributed by atoms with Gasteiger partial charge in [-0.1, -0.05) is 12.2 Å². The predicted octanol–water partition coefficient (Wildman–Crippen LogP) is 3.73. The number of fused-ring (bicyclic) bond motifs is 3. The third-order valence-corrected chi connectivity index (χ3v) is 8.30. The van der Waals surface area contributed by atoms with E-state index in [0.717, 1.165) is 53.1 Å². The second kappa shape index (κ2) is 7.73. The van der Waals surface area contributed by atoms with Gasteiger partial charge in [-0.05, 0) is 79.7 Å². The fourth-order valence-corrected chi connectivity index (χ4v) is 6.89. The normalized spacial score (nSPS) is 34.0. The topological polar surface area (TPSA) is 56.1 Å². The molecule has 1 saturated heterocycles. The average molecular weight is 420 g/mol. The van der Waals surface area contributed by atoms with Crippen LogP contribution in [0.1, 0.15) is 31.2 Å². The van der Waals surface area contributed by atoms with Gasteiger partial charge in [-0.15, -0.1) is 10.2 Å². The van der Waals surface area contributed by atoms with Crippen LogP contribution in [0.4, 0.5) is 0 Å². The first-order valence-electron chi connectivity index (χ1n) is 12.0. The van der Waals surface area contributed by atoms with Crippen LogP contribution in [0.25, 0.3) is 11.4 Å². The molecule has 6 heteroatoms. The van der Waals surface area contributed by atoms with Gasteiger partial charge in [-0.2, -0.15) is 5.10 Å². The molecule has 164 valence electrons. The lowest BCUT2D eigenvalue weighted by molar-refractivity contribution is 0.206. The van der Waals surface area contributed by atoms with Crippen molar-refractivity contribution in [1.82, 2.24) is 24.9 Å². The van der Waals surface area contributed by atoms with Crippen molar-refractivity contribution >= 4 is 0 Å². The van der Waals surface area contributed by atoms with Crippen molar-refractivity contribution in [2.24, 2.45) is 42.6 Å². The lowest BCUT2D eigenvalue weighted by Crippen LogP contribution is -2.30. The standard InChI is InChI=1S/C25H33N5O/c1-16-11-26-29(2)25(16)23-5-6-24(28-27-23)31-15-18-9-21-13-30(14-22(21)10-18)12-20-8-17-3-4-19(20)7-17/h3-6,11,17-22H,7-10,12-15H2,1-2H3/t17?,18?,19-,20?,21-,22+/m1/s1. The molecule has 2 bridgehead atoms. The third-order valence-electron chi connectivity index (χ3n) is 8.30. The van der Waals surface area contributed by atoms with E-state index < -0.39 is 0 Å². The second-order valence-electron chi connectivity index (χ2n) is 10.5. The number of hydrogen-bond acceptors (Lipinski definition) is 5. The minimum Gasteiger partial charge on any atom is -0.476 e. The smallest absolute Gasteiger partial charge is 0.233 e. The highest BCUT2D eigenvalue weighted by atomic mass is 16.5. The fourth-order valence-electron chi connectivity index (χ4n) is 6.89. The van der Waals surface area contributed by atoms with Crippen LogP contribution < -0.4 is 4.74 Å². The summed E-state index contributed by atoms with van der Waals surface area (Å²) in [6, 6.07) is 3.93. The van der Waals surface area contributed by atoms with Crippen molar-refractivity contribution in [3.8, 4) is 17.3 Å². The molecule has 0 aromatic carbocycles. The van der Waals surface area contributed by atoms with Crippen LogP contribution in [0.2, 0.25) is 0 Å². The Kier molecular flexibility index (Phi) is 4.86. The number of ether oxygens (including phenoxy) is 1. The minimum atomic E-state index is 0.631. The Labute approximate surface area is 184 Å². The third kappa shape index (κ3) is 3.69. The summed E-state index contributed by atoms with van der Waals surface area (Å²) in [6.07, 6.45) is 12.3. The van der Waals surface area contributed by atoms with Crippen molar-refractivity contribution in [2.75, 3.05) is 26.2 Å². The van der Waals surface area contributed by atoms with Crippen LogP contribution in [0, 0.1) is 42.4 Å². The molecule has 2 aromatic heterocycles. The quantitative estimate of drug-likeness (QED) is 0.668. The number of likely N-dealkylation sites (tertiary alicyclic amines) is 1. The lowest BCUT2D eigenvalue weighted by atomic mass is 9.93. The lowest BCUT2D eigenvalue weighted by Gasteiger charge is -2.26. The molecule has 3 heterocycles. The molecule has 6 atom stereocenters. The van der Waals surface area contributed by atoms with Crippen LogP contribution >= 0.6 is 0 Å². The maximum absolute atomic E-state index is 6.04. The molecule has 31 heavy (non-hydrogen) atoms. The zero-order valence-electron chi connectivity index (χ0n) is 18.7. The van der Waals surface area contributed by atoms with E-state index in [4.69, 9.17) is 4.74 Å². The van der Waals surface area contributed by atoms with Gasteiger partial charge in [-0.25, -0.2) is 0 Å². The van der Waals surface area contributed by atoms with Crippen molar-refractivity contribution in [3.63, 3.8) is 0 Å². The first kappa shape index (κ1) is 19.5. The molecular weight excluding hydrogens is 386 g/mol. The van der Waals surface area contributed by atoms with Crippen LogP contribution in [0.15, 0.2) is 30.5 Å². The van der Waals surface area contributed by atoms with Gasteiger partial charge in [0.05, 0.1) is 18.5 Å². The van der Waals surface area contributed by atoms with Gasteiger partial charge in [0.25, 0.3) is 0 Å². The fraction of sp³-hybridized carbons (Fsp3) is 0.640. The van der Waals surface area contributed by atoms with Gasteiger partial charge in [0.2, 0.25) is 5.88 Å². The Morgan fingerprint density at radius 2 is 1.87 bits per heavy atom. The number of allylic oxidation sites excluding steroid dienone is 2. The number of aromatic nitrogens is 4. The Morgan fingerprint density at radius 3 is 2.48 bits per heavy atom. The molecule has 0 amide bonds. The largest absolute Gasteiger partial charge is 0.476 e. The second-order valence-corrected chi connectivity index (χ2v) is 10.5. The van der Waals surface area contributed by atoms with Gasteiger partial charge >= 0.3 is 0 Å². The van der Waals surface area contributed by atoms with E-state index in [1.165, 1.54) is 45.3 Å². The van der Waals surface area contributed by atoms with Gasteiger partial charge < -0.3 is 9.64 Å². The Hall–Kier alpha value is -2.21. The maximum atomic E-state index is 6.04. The monoisotopic (exact) mass is 419 g/mol. The highest BCUT2D eigenvalue weighted by Gasteiger charge is 2.43. The maximum Gasteiger partial charge on any atom is 0.233 e. The molecular formula is C25H33N5O. The van der Waals surface area contributed by atoms with Crippen LogP contribution in [-0.4, -0.2) is 51.1 Å². The summed E-state index contributed by atoms with van der Waals surface area (Å²) in [4.78, 5) is 2.77. The number of hydrogen-bond donors (Lipinski definition) is 0. The molecule has 3 fully saturated rings. The average Bonchev–Trinajstić information content (AvgIpc) is 3.56. The van der Waals surface area contributed by atoms with E-state index in [-0.39, 0.29) is 0 Å². The molecule has 2 saturated carbocycles. The van der Waals surface area contributed by atoms with Gasteiger partial charge in [0.15, 0.2) is 0 Å². The van der Waals surface area contributed by atoms with E-state index in [0.29, 0.717) is 11.8 Å². The Bertz CT molecular complexity index is 933. The molecule has 2 aromatic rings. The van der Waals surface area contributed by atoms with E-state index in [9.17, 15) is 0 Å². The minimum absolute atomic E-state index is 0.631. The SMILES string of the molecule is Cc1cnn(C)c1-c1ccc(OCC2C[C@@H]3CN(CC4CC5C=C[C@@H]4C5)C[C@@H]3C2)nn1. The highest BCUT2D eigenvalue weighted by molar-refractivity contribution is 5.58. The summed E-state index contributed by atoms with van der Waals surface area (Å²) < 4.78 is 7.88. The highest BCUT2D eigenvalue weighted by Crippen LogP contribution is 2.46. The van der Waals surface area contributed by atoms with E-state index in [1.807, 2.05) is 37.0 Å². The first-order chi connectivity index (χ1) is 15.1. The Morgan fingerprint density at radius 1 is 1.03 bits per heavy atom. The Balaban J connectivity index is 0.984. The van der Waals surface area contributed by atoms with Crippen LogP contribution in [0.3, 0.4) is 0 Å². The summed E-state index contributed by atoms with van der Waals surface area (Å²) in [5.74, 6) is 5.71. The number of rotatable bonds is 6. The van der Waals surface area contributed by atoms with Crippen molar-refractivity contribution in [3.05, 3.63) is 36.0 Å². The summed E-state index contributed by atoms with van der Waals surface area (Å²) in [7, 11) is 1.93. The molecule has 0 radical (unpaired) electrons. The molecule has 3 unspecified atom stereocenters. The van der Waals surface area contributed by atoms with Gasteiger partial charge in [-0.3, -0.25) is 4.68 Å². The van der Waals surface area contributed by atoms with Crippen LogP contribution in [-0.2, 0) is 7.05 Å². The molecule has 1 aliphatic heterocycles. The van der Waals surface area contributed by atoms with Crippen LogP contribution in [0.5, 0.6) is 5.88 Å². The van der Waals surface area contributed by atoms with E-state index in [1.54, 1.807) is 0 Å². The summed E-state index contributed by atoms with van der Waals surface area (Å²) >= 11 is 0. The molecule has 3 aliphatic carbocycles. The zero-order valence-corrected chi connectivity index (χ0v) is 18.7. The van der Waals surface area contributed by atoms with Crippen molar-refractivity contribution in [2.45, 2.75) is 32.6 Å². The predicted molar refractivity (Wildman–Crippen MR) is 119 cm³/mol.